The fourth-order valence-electron chi connectivity index (χ4n) is 7.97. The number of ether oxygens (including phenoxy) is 5. The van der Waals surface area contributed by atoms with Gasteiger partial charge in [-0.1, -0.05) is 34.6 Å². The average molecular weight is 665 g/mol. The summed E-state index contributed by atoms with van der Waals surface area (Å²) in [5, 5.41) is 79.7. The van der Waals surface area contributed by atoms with Gasteiger partial charge in [-0.15, -0.1) is 0 Å². The van der Waals surface area contributed by atoms with Gasteiger partial charge in [-0.25, -0.2) is 0 Å². The summed E-state index contributed by atoms with van der Waals surface area (Å²) in [6.07, 6.45) is -0.619. The maximum Gasteiger partial charge on any atom is 0.192 e. The highest BCUT2D eigenvalue weighted by Gasteiger charge is 2.69. The molecular weight excluding hydrogens is 600 g/mol. The zero-order valence-corrected chi connectivity index (χ0v) is 30.8. The first kappa shape index (κ1) is 40.0. The van der Waals surface area contributed by atoms with Crippen molar-refractivity contribution in [1.82, 2.24) is 0 Å². The van der Waals surface area contributed by atoms with Crippen LogP contribution >= 0.6 is 0 Å². The van der Waals surface area contributed by atoms with E-state index in [0.29, 0.717) is 0 Å². The van der Waals surface area contributed by atoms with Gasteiger partial charge in [-0.3, -0.25) is 0 Å². The summed E-state index contributed by atoms with van der Waals surface area (Å²) in [5.74, 6) is -7.34. The van der Waals surface area contributed by atoms with Crippen LogP contribution < -0.4 is 0 Å². The highest BCUT2D eigenvalue weighted by molar-refractivity contribution is 5.14. The molecule has 3 saturated heterocycles. The summed E-state index contributed by atoms with van der Waals surface area (Å²) < 4.78 is 30.4. The summed E-state index contributed by atoms with van der Waals surface area (Å²) in [6.45, 7) is 23.8. The monoisotopic (exact) mass is 664 g/mol. The quantitative estimate of drug-likeness (QED) is 0.201. The van der Waals surface area contributed by atoms with Crippen molar-refractivity contribution in [2.24, 2.45) is 28.6 Å². The Labute approximate surface area is 275 Å². The second-order valence-electron chi connectivity index (χ2n) is 17.0. The van der Waals surface area contributed by atoms with Gasteiger partial charge in [0.25, 0.3) is 0 Å². The predicted molar refractivity (Wildman–Crippen MR) is 169 cm³/mol. The van der Waals surface area contributed by atoms with Gasteiger partial charge in [0, 0.05) is 22.7 Å². The van der Waals surface area contributed by atoms with Crippen molar-refractivity contribution in [3.63, 3.8) is 0 Å². The van der Waals surface area contributed by atoms with Crippen molar-refractivity contribution >= 4 is 0 Å². The molecule has 0 spiro atoms. The van der Waals surface area contributed by atoms with Gasteiger partial charge in [-0.05, 0) is 75.2 Å². The summed E-state index contributed by atoms with van der Waals surface area (Å²) in [5.41, 5.74) is -11.3. The topological polar surface area (TPSA) is 188 Å². The molecule has 0 aromatic carbocycles. The summed E-state index contributed by atoms with van der Waals surface area (Å²) >= 11 is 0. The highest BCUT2D eigenvalue weighted by Crippen LogP contribution is 2.57. The Bertz CT molecular complexity index is 1130. The van der Waals surface area contributed by atoms with Crippen LogP contribution in [0.2, 0.25) is 0 Å². The Morgan fingerprint density at radius 3 is 1.26 bits per heavy atom. The van der Waals surface area contributed by atoms with E-state index >= 15 is 0 Å². The van der Waals surface area contributed by atoms with Crippen LogP contribution in [0.5, 0.6) is 0 Å². The van der Waals surface area contributed by atoms with E-state index in [0.717, 1.165) is 0 Å². The van der Waals surface area contributed by atoms with Crippen molar-refractivity contribution in [2.75, 3.05) is 26.4 Å². The van der Waals surface area contributed by atoms with E-state index in [1.807, 2.05) is 6.92 Å². The van der Waals surface area contributed by atoms with Crippen LogP contribution in [0, 0.1) is 28.6 Å². The van der Waals surface area contributed by atoms with Gasteiger partial charge in [-0.2, -0.15) is 0 Å². The SMILES string of the molecule is CC1C(C)(O)[C@@](C)(COC[C@@]2(C)C(C)C(C)(O)[C@@](C)(COC[C@@]3(C)C(C)C(C)(O)[C@H](C)OC3(C)O)OC2(C)O)OC(C)(O)[C@@]1(C)O. The third-order valence-electron chi connectivity index (χ3n) is 14.2. The van der Waals surface area contributed by atoms with E-state index in [1.54, 1.807) is 69.2 Å². The van der Waals surface area contributed by atoms with Gasteiger partial charge < -0.3 is 59.4 Å². The normalized spacial score (nSPS) is 59.9. The van der Waals surface area contributed by atoms with Crippen LogP contribution in [-0.2, 0) is 23.7 Å². The molecule has 0 bridgehead atoms. The smallest absolute Gasteiger partial charge is 0.192 e. The molecular formula is C34H64O12. The van der Waals surface area contributed by atoms with Gasteiger partial charge in [0.2, 0.25) is 0 Å². The molecule has 3 aliphatic heterocycles. The summed E-state index contributed by atoms with van der Waals surface area (Å²) in [4.78, 5) is 0. The van der Waals surface area contributed by atoms with Crippen LogP contribution in [0.4, 0.5) is 0 Å². The fraction of sp³-hybridized carbons (Fsp3) is 1.00. The van der Waals surface area contributed by atoms with Gasteiger partial charge >= 0.3 is 0 Å². The predicted octanol–water partition coefficient (Wildman–Crippen LogP) is 2.07. The maximum atomic E-state index is 12.0. The maximum absolute atomic E-state index is 12.0. The molecule has 0 saturated carbocycles. The Kier molecular flexibility index (Phi) is 9.78. The van der Waals surface area contributed by atoms with E-state index in [1.165, 1.54) is 27.7 Å². The first-order valence-corrected chi connectivity index (χ1v) is 16.5. The molecule has 0 amide bonds. The molecule has 9 unspecified atom stereocenters. The standard InChI is InChI=1S/C34H64O12/c1-20-24(5,32(13,39)44-23(4)28(20,9)35)16-42-18-26(7)29(10,36)21(2)25(6,33(14,40)45-26)17-43-19-27(8)30(11,37)22(3)31(12,38)34(15,41)46-27/h20-23,35-41H,16-19H2,1-15H3/t20?,21?,22?,23-,24-,25-,26+,27+,28?,29?,30?,31-,32?,33?,34?/m0/s1. The molecule has 3 fully saturated rings. The van der Waals surface area contributed by atoms with E-state index < -0.39 is 85.7 Å². The van der Waals surface area contributed by atoms with Crippen molar-refractivity contribution in [3.8, 4) is 0 Å². The third kappa shape index (κ3) is 5.51. The first-order chi connectivity index (χ1) is 20.2. The minimum atomic E-state index is -1.99. The minimum Gasteiger partial charge on any atom is -0.387 e. The number of rotatable bonds is 8. The second-order valence-corrected chi connectivity index (χ2v) is 17.0. The molecule has 12 nitrogen and oxygen atoms in total. The minimum absolute atomic E-state index is 0.0381. The molecule has 3 rings (SSSR count). The Morgan fingerprint density at radius 2 is 0.826 bits per heavy atom. The number of hydrogen-bond donors (Lipinski definition) is 7. The summed E-state index contributed by atoms with van der Waals surface area (Å²) in [7, 11) is 0. The Balaban J connectivity index is 1.80. The molecule has 46 heavy (non-hydrogen) atoms. The molecule has 0 aromatic rings. The van der Waals surface area contributed by atoms with Crippen LogP contribution in [0.25, 0.3) is 0 Å². The lowest BCUT2D eigenvalue weighted by atomic mass is 9.58. The molecule has 3 heterocycles. The van der Waals surface area contributed by atoms with Crippen LogP contribution in [0.3, 0.4) is 0 Å². The number of aliphatic hydroxyl groups is 7. The zero-order chi connectivity index (χ0) is 36.2. The van der Waals surface area contributed by atoms with E-state index in [-0.39, 0.29) is 26.4 Å². The van der Waals surface area contributed by atoms with Crippen LogP contribution in [0.15, 0.2) is 0 Å². The second kappa shape index (κ2) is 11.3. The average Bonchev–Trinajstić information content (AvgIpc) is 2.88. The van der Waals surface area contributed by atoms with Gasteiger partial charge in [0.1, 0.15) is 16.8 Å². The van der Waals surface area contributed by atoms with E-state index in [2.05, 4.69) is 0 Å². The van der Waals surface area contributed by atoms with E-state index in [4.69, 9.17) is 23.7 Å². The molecule has 0 radical (unpaired) electrons. The highest BCUT2D eigenvalue weighted by atomic mass is 16.7. The molecule has 272 valence electrons. The van der Waals surface area contributed by atoms with Gasteiger partial charge in [0.15, 0.2) is 17.4 Å². The lowest BCUT2D eigenvalue weighted by molar-refractivity contribution is -0.424. The van der Waals surface area contributed by atoms with Crippen LogP contribution in [0.1, 0.15) is 104 Å². The van der Waals surface area contributed by atoms with Gasteiger partial charge in [0.05, 0.1) is 49.3 Å². The van der Waals surface area contributed by atoms with Crippen molar-refractivity contribution in [3.05, 3.63) is 0 Å². The lowest BCUT2D eigenvalue weighted by Gasteiger charge is -2.63. The fourth-order valence-corrected chi connectivity index (χ4v) is 7.97. The lowest BCUT2D eigenvalue weighted by Crippen LogP contribution is -2.76. The number of hydrogen-bond acceptors (Lipinski definition) is 12. The zero-order valence-electron chi connectivity index (χ0n) is 30.8. The van der Waals surface area contributed by atoms with Crippen molar-refractivity contribution in [2.45, 2.75) is 161 Å². The first-order valence-electron chi connectivity index (χ1n) is 16.5. The molecule has 0 aromatic heterocycles. The van der Waals surface area contributed by atoms with Crippen LogP contribution in [-0.4, -0.2) is 119 Å². The molecule has 12 heteroatoms. The molecule has 7 N–H and O–H groups in total. The van der Waals surface area contributed by atoms with Crippen molar-refractivity contribution in [1.29, 1.82) is 0 Å². The molecule has 15 atom stereocenters. The Hall–Kier alpha value is -0.480. The molecule has 3 aliphatic rings. The largest absolute Gasteiger partial charge is 0.387 e. The third-order valence-corrected chi connectivity index (χ3v) is 14.2. The van der Waals surface area contributed by atoms with Crippen molar-refractivity contribution < 1.29 is 59.4 Å². The Morgan fingerprint density at radius 1 is 0.457 bits per heavy atom. The summed E-state index contributed by atoms with van der Waals surface area (Å²) in [6, 6.07) is 0. The molecule has 0 aliphatic carbocycles. The van der Waals surface area contributed by atoms with E-state index in [9.17, 15) is 35.7 Å².